The summed E-state index contributed by atoms with van der Waals surface area (Å²) in [6.07, 6.45) is 0.560. The zero-order valence-corrected chi connectivity index (χ0v) is 7.92. The Labute approximate surface area is 81.6 Å². The van der Waals surface area contributed by atoms with Crippen molar-refractivity contribution >= 4 is 22.2 Å². The van der Waals surface area contributed by atoms with Crippen molar-refractivity contribution in [2.45, 2.75) is 6.61 Å². The molecule has 2 nitrogen and oxygen atoms in total. The summed E-state index contributed by atoms with van der Waals surface area (Å²) < 4.78 is 28.1. The highest BCUT2D eigenvalue weighted by molar-refractivity contribution is 9.10. The van der Waals surface area contributed by atoms with Crippen LogP contribution in [-0.2, 0) is 0 Å². The first-order valence-corrected chi connectivity index (χ1v) is 4.12. The highest BCUT2D eigenvalue weighted by Gasteiger charge is 2.08. The van der Waals surface area contributed by atoms with E-state index in [1.807, 2.05) is 0 Å². The Morgan fingerprint density at radius 3 is 2.69 bits per heavy atom. The lowest BCUT2D eigenvalue weighted by Gasteiger charge is -2.06. The molecular weight excluding hydrogens is 246 g/mol. The summed E-state index contributed by atoms with van der Waals surface area (Å²) in [6, 6.07) is 4.21. The Bertz CT molecular complexity index is 315. The molecule has 0 aliphatic carbocycles. The highest BCUT2D eigenvalue weighted by Crippen LogP contribution is 2.26. The van der Waals surface area contributed by atoms with E-state index >= 15 is 0 Å². The molecule has 1 aromatic rings. The van der Waals surface area contributed by atoms with Gasteiger partial charge in [-0.15, -0.1) is 0 Å². The summed E-state index contributed by atoms with van der Waals surface area (Å²) in [5.41, 5.74) is 0.291. The van der Waals surface area contributed by atoms with Gasteiger partial charge in [-0.3, -0.25) is 4.79 Å². The number of hydrogen-bond acceptors (Lipinski definition) is 2. The van der Waals surface area contributed by atoms with Crippen LogP contribution >= 0.6 is 15.9 Å². The summed E-state index contributed by atoms with van der Waals surface area (Å²) >= 11 is 3.01. The fourth-order valence-electron chi connectivity index (χ4n) is 0.780. The Morgan fingerprint density at radius 1 is 1.46 bits per heavy atom. The lowest BCUT2D eigenvalue weighted by molar-refractivity contribution is -0.0503. The van der Waals surface area contributed by atoms with Crippen LogP contribution < -0.4 is 4.74 Å². The number of ether oxygens (including phenoxy) is 1. The fourth-order valence-corrected chi connectivity index (χ4v) is 1.12. The molecule has 0 amide bonds. The number of hydrogen-bond donors (Lipinski definition) is 0. The fraction of sp³-hybridized carbons (Fsp3) is 0.125. The molecule has 0 bridgehead atoms. The molecule has 0 atom stereocenters. The third-order valence-corrected chi connectivity index (χ3v) is 1.96. The minimum Gasteiger partial charge on any atom is -0.434 e. The standard InChI is InChI=1S/C8H5BrF2O2/c9-6-2-1-5(4-12)3-7(6)13-8(10)11/h1-4,8H. The van der Waals surface area contributed by atoms with Gasteiger partial charge in [0, 0.05) is 5.56 Å². The van der Waals surface area contributed by atoms with Gasteiger partial charge in [0.1, 0.15) is 12.0 Å². The molecule has 70 valence electrons. The minimum absolute atomic E-state index is 0.0420. The Hall–Kier alpha value is -0.970. The van der Waals surface area contributed by atoms with Gasteiger partial charge in [0.2, 0.25) is 0 Å². The second-order valence-electron chi connectivity index (χ2n) is 2.19. The van der Waals surface area contributed by atoms with Crippen molar-refractivity contribution in [3.05, 3.63) is 28.2 Å². The van der Waals surface area contributed by atoms with Gasteiger partial charge < -0.3 is 4.74 Å². The van der Waals surface area contributed by atoms with E-state index in [1.54, 1.807) is 0 Å². The predicted octanol–water partition coefficient (Wildman–Crippen LogP) is 2.86. The largest absolute Gasteiger partial charge is 0.434 e. The van der Waals surface area contributed by atoms with Crippen LogP contribution in [0.25, 0.3) is 0 Å². The summed E-state index contributed by atoms with van der Waals surface area (Å²) in [6.45, 7) is -2.89. The van der Waals surface area contributed by atoms with Crippen molar-refractivity contribution < 1.29 is 18.3 Å². The van der Waals surface area contributed by atoms with E-state index in [1.165, 1.54) is 18.2 Å². The molecule has 0 spiro atoms. The van der Waals surface area contributed by atoms with Gasteiger partial charge in [-0.1, -0.05) is 6.07 Å². The Morgan fingerprint density at radius 2 is 2.15 bits per heavy atom. The van der Waals surface area contributed by atoms with Gasteiger partial charge in [-0.2, -0.15) is 8.78 Å². The zero-order chi connectivity index (χ0) is 9.84. The SMILES string of the molecule is O=Cc1ccc(Br)c(OC(F)F)c1. The molecular formula is C8H5BrF2O2. The van der Waals surface area contributed by atoms with Crippen molar-refractivity contribution in [2.24, 2.45) is 0 Å². The van der Waals surface area contributed by atoms with Crippen molar-refractivity contribution in [1.29, 1.82) is 0 Å². The molecule has 1 aromatic carbocycles. The number of halogens is 3. The minimum atomic E-state index is -2.89. The van der Waals surface area contributed by atoms with E-state index in [4.69, 9.17) is 0 Å². The molecule has 0 N–H and O–H groups in total. The monoisotopic (exact) mass is 250 g/mol. The van der Waals surface area contributed by atoms with Crippen LogP contribution in [0.2, 0.25) is 0 Å². The number of aldehydes is 1. The van der Waals surface area contributed by atoms with Crippen molar-refractivity contribution in [3.63, 3.8) is 0 Å². The topological polar surface area (TPSA) is 26.3 Å². The second kappa shape index (κ2) is 4.32. The van der Waals surface area contributed by atoms with E-state index in [-0.39, 0.29) is 5.75 Å². The summed E-state index contributed by atoms with van der Waals surface area (Å²) in [5.74, 6) is -0.0420. The predicted molar refractivity (Wildman–Crippen MR) is 46.2 cm³/mol. The molecule has 0 saturated heterocycles. The summed E-state index contributed by atoms with van der Waals surface area (Å²) in [7, 11) is 0. The van der Waals surface area contributed by atoms with E-state index in [9.17, 15) is 13.6 Å². The highest BCUT2D eigenvalue weighted by atomic mass is 79.9. The Balaban J connectivity index is 2.96. The van der Waals surface area contributed by atoms with Crippen molar-refractivity contribution in [3.8, 4) is 5.75 Å². The van der Waals surface area contributed by atoms with Crippen molar-refractivity contribution in [2.75, 3.05) is 0 Å². The molecule has 0 aliphatic rings. The number of rotatable bonds is 3. The first-order valence-electron chi connectivity index (χ1n) is 3.33. The maximum absolute atomic E-state index is 11.8. The molecule has 0 heterocycles. The van der Waals surface area contributed by atoms with E-state index in [0.717, 1.165) is 0 Å². The van der Waals surface area contributed by atoms with Crippen LogP contribution in [0.3, 0.4) is 0 Å². The molecule has 1 rings (SSSR count). The summed E-state index contributed by atoms with van der Waals surface area (Å²) in [5, 5.41) is 0. The van der Waals surface area contributed by atoms with Gasteiger partial charge in [0.05, 0.1) is 4.47 Å². The molecule has 0 unspecified atom stereocenters. The summed E-state index contributed by atoms with van der Waals surface area (Å²) in [4.78, 5) is 10.3. The maximum Gasteiger partial charge on any atom is 0.387 e. The van der Waals surface area contributed by atoms with E-state index in [0.29, 0.717) is 16.3 Å². The first-order chi connectivity index (χ1) is 6.13. The maximum atomic E-state index is 11.8. The third kappa shape index (κ3) is 2.77. The molecule has 5 heteroatoms. The molecule has 13 heavy (non-hydrogen) atoms. The second-order valence-corrected chi connectivity index (χ2v) is 3.04. The average molecular weight is 251 g/mol. The molecule has 0 radical (unpaired) electrons. The average Bonchev–Trinajstić information content (AvgIpc) is 2.08. The molecule has 0 aliphatic heterocycles. The normalized spacial score (nSPS) is 10.2. The van der Waals surface area contributed by atoms with Crippen LogP contribution in [0, 0.1) is 0 Å². The van der Waals surface area contributed by atoms with Gasteiger partial charge >= 0.3 is 6.61 Å². The number of carbonyl (C=O) groups is 1. The van der Waals surface area contributed by atoms with Gasteiger partial charge in [0.25, 0.3) is 0 Å². The van der Waals surface area contributed by atoms with Crippen LogP contribution in [0.5, 0.6) is 5.75 Å². The van der Waals surface area contributed by atoms with Crippen LogP contribution in [0.1, 0.15) is 10.4 Å². The van der Waals surface area contributed by atoms with Gasteiger partial charge in [-0.05, 0) is 28.1 Å². The molecule has 0 aromatic heterocycles. The lowest BCUT2D eigenvalue weighted by Crippen LogP contribution is -2.02. The quantitative estimate of drug-likeness (QED) is 0.772. The van der Waals surface area contributed by atoms with Gasteiger partial charge in [-0.25, -0.2) is 0 Å². The molecule has 0 saturated carbocycles. The zero-order valence-electron chi connectivity index (χ0n) is 6.34. The van der Waals surface area contributed by atoms with Crippen LogP contribution in [0.15, 0.2) is 22.7 Å². The number of benzene rings is 1. The van der Waals surface area contributed by atoms with Crippen molar-refractivity contribution in [1.82, 2.24) is 0 Å². The first kappa shape index (κ1) is 10.1. The Kier molecular flexibility index (Phi) is 3.36. The van der Waals surface area contributed by atoms with E-state index < -0.39 is 6.61 Å². The smallest absolute Gasteiger partial charge is 0.387 e. The van der Waals surface area contributed by atoms with Crippen LogP contribution in [0.4, 0.5) is 8.78 Å². The molecule has 0 fully saturated rings. The number of carbonyl (C=O) groups excluding carboxylic acids is 1. The number of alkyl halides is 2. The van der Waals surface area contributed by atoms with Gasteiger partial charge in [0.15, 0.2) is 0 Å². The third-order valence-electron chi connectivity index (χ3n) is 1.31. The van der Waals surface area contributed by atoms with E-state index in [2.05, 4.69) is 20.7 Å². The van der Waals surface area contributed by atoms with Crippen LogP contribution in [-0.4, -0.2) is 12.9 Å². The lowest BCUT2D eigenvalue weighted by atomic mass is 10.2.